The van der Waals surface area contributed by atoms with Gasteiger partial charge in [0, 0.05) is 10.9 Å². The maximum Gasteiger partial charge on any atom is 0.416 e. The first-order valence-electron chi connectivity index (χ1n) is 6.19. The van der Waals surface area contributed by atoms with E-state index in [1.165, 1.54) is 0 Å². The summed E-state index contributed by atoms with van der Waals surface area (Å²) >= 11 is 3.28. The molecular weight excluding hydrogens is 355 g/mol. The SMILES string of the molecule is O=C(CCCOc1ccc(Br)cc1)NCC(O)C(F)(F)F. The van der Waals surface area contributed by atoms with E-state index in [0.717, 1.165) is 4.47 Å². The normalized spacial score (nSPS) is 12.8. The van der Waals surface area contributed by atoms with Crippen molar-refractivity contribution in [1.29, 1.82) is 0 Å². The Morgan fingerprint density at radius 1 is 1.33 bits per heavy atom. The topological polar surface area (TPSA) is 58.6 Å². The van der Waals surface area contributed by atoms with Gasteiger partial charge in [-0.25, -0.2) is 0 Å². The highest BCUT2D eigenvalue weighted by Gasteiger charge is 2.38. The lowest BCUT2D eigenvalue weighted by molar-refractivity contribution is -0.201. The van der Waals surface area contributed by atoms with Gasteiger partial charge in [0.25, 0.3) is 0 Å². The van der Waals surface area contributed by atoms with E-state index in [0.29, 0.717) is 12.2 Å². The van der Waals surface area contributed by atoms with Crippen molar-refractivity contribution in [2.45, 2.75) is 25.1 Å². The number of amides is 1. The number of halogens is 4. The average molecular weight is 370 g/mol. The second-order valence-corrected chi connectivity index (χ2v) is 5.18. The molecule has 0 aliphatic carbocycles. The van der Waals surface area contributed by atoms with Gasteiger partial charge in [-0.15, -0.1) is 0 Å². The van der Waals surface area contributed by atoms with Crippen LogP contribution in [0, 0.1) is 0 Å². The Kier molecular flexibility index (Phi) is 6.97. The van der Waals surface area contributed by atoms with Gasteiger partial charge in [0.2, 0.25) is 5.91 Å². The van der Waals surface area contributed by atoms with Crippen LogP contribution in [0.25, 0.3) is 0 Å². The van der Waals surface area contributed by atoms with Crippen molar-refractivity contribution < 1.29 is 27.8 Å². The molecule has 1 aromatic carbocycles. The van der Waals surface area contributed by atoms with E-state index < -0.39 is 24.7 Å². The third-order valence-electron chi connectivity index (χ3n) is 2.50. The lowest BCUT2D eigenvalue weighted by Gasteiger charge is -2.15. The summed E-state index contributed by atoms with van der Waals surface area (Å²) in [6.45, 7) is -0.563. The number of aliphatic hydroxyl groups is 1. The Morgan fingerprint density at radius 3 is 2.52 bits per heavy atom. The predicted octanol–water partition coefficient (Wildman–Crippen LogP) is 2.65. The van der Waals surface area contributed by atoms with Crippen LogP contribution in [0.1, 0.15) is 12.8 Å². The van der Waals surface area contributed by atoms with E-state index in [-0.39, 0.29) is 13.0 Å². The van der Waals surface area contributed by atoms with Gasteiger partial charge < -0.3 is 15.2 Å². The van der Waals surface area contributed by atoms with Crippen molar-refractivity contribution in [3.8, 4) is 5.75 Å². The van der Waals surface area contributed by atoms with Crippen LogP contribution >= 0.6 is 15.9 Å². The number of carbonyl (C=O) groups is 1. The molecule has 0 spiro atoms. The molecule has 0 bridgehead atoms. The van der Waals surface area contributed by atoms with Gasteiger partial charge in [-0.1, -0.05) is 15.9 Å². The Balaban J connectivity index is 2.15. The van der Waals surface area contributed by atoms with E-state index in [1.807, 2.05) is 5.32 Å². The van der Waals surface area contributed by atoms with Gasteiger partial charge in [-0.2, -0.15) is 13.2 Å². The van der Waals surface area contributed by atoms with Crippen LogP contribution in [0.4, 0.5) is 13.2 Å². The molecule has 21 heavy (non-hydrogen) atoms. The first-order valence-corrected chi connectivity index (χ1v) is 6.98. The minimum atomic E-state index is -4.72. The number of alkyl halides is 3. The summed E-state index contributed by atoms with van der Waals surface area (Å²) in [5.74, 6) is 0.0869. The van der Waals surface area contributed by atoms with E-state index in [1.54, 1.807) is 24.3 Å². The van der Waals surface area contributed by atoms with Crippen LogP contribution in [0.15, 0.2) is 28.7 Å². The third kappa shape index (κ3) is 7.33. The number of hydrogen-bond acceptors (Lipinski definition) is 3. The molecule has 2 N–H and O–H groups in total. The van der Waals surface area contributed by atoms with Gasteiger partial charge in [-0.05, 0) is 30.7 Å². The first-order chi connectivity index (χ1) is 9.79. The van der Waals surface area contributed by atoms with Crippen molar-refractivity contribution in [1.82, 2.24) is 5.32 Å². The summed E-state index contributed by atoms with van der Waals surface area (Å²) in [5.41, 5.74) is 0. The fraction of sp³-hybridized carbons (Fsp3) is 0.462. The number of carbonyl (C=O) groups excluding carboxylic acids is 1. The molecule has 0 radical (unpaired) electrons. The molecule has 0 saturated carbocycles. The zero-order valence-corrected chi connectivity index (χ0v) is 12.6. The van der Waals surface area contributed by atoms with Crippen LogP contribution in [0.3, 0.4) is 0 Å². The van der Waals surface area contributed by atoms with E-state index in [9.17, 15) is 18.0 Å². The molecule has 0 saturated heterocycles. The maximum atomic E-state index is 12.0. The molecule has 0 fully saturated rings. The quantitative estimate of drug-likeness (QED) is 0.726. The summed E-state index contributed by atoms with van der Waals surface area (Å²) in [5, 5.41) is 10.7. The lowest BCUT2D eigenvalue weighted by atomic mass is 10.3. The van der Waals surface area contributed by atoms with E-state index in [4.69, 9.17) is 9.84 Å². The minimum absolute atomic E-state index is 0.0289. The average Bonchev–Trinajstić information content (AvgIpc) is 2.41. The maximum absolute atomic E-state index is 12.0. The summed E-state index contributed by atoms with van der Waals surface area (Å²) in [7, 11) is 0. The fourth-order valence-electron chi connectivity index (χ4n) is 1.37. The zero-order chi connectivity index (χ0) is 15.9. The minimum Gasteiger partial charge on any atom is -0.494 e. The Morgan fingerprint density at radius 2 is 1.95 bits per heavy atom. The highest BCUT2D eigenvalue weighted by atomic mass is 79.9. The number of ether oxygens (including phenoxy) is 1. The number of nitrogens with one attached hydrogen (secondary N) is 1. The molecule has 0 heterocycles. The van der Waals surface area contributed by atoms with Crippen molar-refractivity contribution in [3.63, 3.8) is 0 Å². The molecule has 8 heteroatoms. The Hall–Kier alpha value is -1.28. The highest BCUT2D eigenvalue weighted by molar-refractivity contribution is 9.10. The number of benzene rings is 1. The molecule has 4 nitrogen and oxygen atoms in total. The van der Waals surface area contributed by atoms with Gasteiger partial charge in [0.1, 0.15) is 5.75 Å². The highest BCUT2D eigenvalue weighted by Crippen LogP contribution is 2.19. The molecule has 0 aliphatic heterocycles. The molecule has 0 aromatic heterocycles. The van der Waals surface area contributed by atoms with Crippen LogP contribution in [-0.4, -0.2) is 36.4 Å². The van der Waals surface area contributed by atoms with Crippen molar-refractivity contribution >= 4 is 21.8 Å². The smallest absolute Gasteiger partial charge is 0.416 e. The van der Waals surface area contributed by atoms with Crippen LogP contribution < -0.4 is 10.1 Å². The second-order valence-electron chi connectivity index (χ2n) is 4.27. The van der Waals surface area contributed by atoms with Gasteiger partial charge >= 0.3 is 6.18 Å². The number of hydrogen-bond donors (Lipinski definition) is 2. The molecular formula is C13H15BrF3NO3. The van der Waals surface area contributed by atoms with Crippen LogP contribution in [0.5, 0.6) is 5.75 Å². The predicted molar refractivity (Wildman–Crippen MR) is 73.9 cm³/mol. The summed E-state index contributed by atoms with van der Waals surface area (Å²) in [6.07, 6.45) is -6.87. The lowest BCUT2D eigenvalue weighted by Crippen LogP contribution is -2.40. The largest absolute Gasteiger partial charge is 0.494 e. The van der Waals surface area contributed by atoms with Crippen LogP contribution in [0.2, 0.25) is 0 Å². The van der Waals surface area contributed by atoms with E-state index in [2.05, 4.69) is 15.9 Å². The number of rotatable bonds is 7. The molecule has 0 aliphatic rings. The fourth-order valence-corrected chi connectivity index (χ4v) is 1.63. The van der Waals surface area contributed by atoms with Gasteiger partial charge in [-0.3, -0.25) is 4.79 Å². The first kappa shape index (κ1) is 17.8. The zero-order valence-electron chi connectivity index (χ0n) is 11.0. The molecule has 1 atom stereocenters. The molecule has 1 rings (SSSR count). The molecule has 1 amide bonds. The summed E-state index contributed by atoms with van der Waals surface area (Å²) < 4.78 is 42.3. The van der Waals surface area contributed by atoms with Gasteiger partial charge in [0.15, 0.2) is 6.10 Å². The standard InChI is InChI=1S/C13H15BrF3NO3/c14-9-3-5-10(6-4-9)21-7-1-2-12(20)18-8-11(19)13(15,16)17/h3-6,11,19H,1-2,7-8H2,(H,18,20). The monoisotopic (exact) mass is 369 g/mol. The van der Waals surface area contributed by atoms with Crippen molar-refractivity contribution in [2.24, 2.45) is 0 Å². The molecule has 1 aromatic rings. The second kappa shape index (κ2) is 8.23. The third-order valence-corrected chi connectivity index (χ3v) is 3.03. The summed E-state index contributed by atoms with van der Waals surface area (Å²) in [6, 6.07) is 7.12. The van der Waals surface area contributed by atoms with Crippen molar-refractivity contribution in [3.05, 3.63) is 28.7 Å². The Bertz CT molecular complexity index is 451. The summed E-state index contributed by atoms with van der Waals surface area (Å²) in [4.78, 5) is 11.3. The molecule has 118 valence electrons. The number of aliphatic hydroxyl groups excluding tert-OH is 1. The Labute approximate surface area is 128 Å². The van der Waals surface area contributed by atoms with Crippen LogP contribution in [-0.2, 0) is 4.79 Å². The van der Waals surface area contributed by atoms with Gasteiger partial charge in [0.05, 0.1) is 13.2 Å². The molecule has 1 unspecified atom stereocenters. The van der Waals surface area contributed by atoms with E-state index >= 15 is 0 Å². The van der Waals surface area contributed by atoms with Crippen molar-refractivity contribution in [2.75, 3.05) is 13.2 Å².